The van der Waals surface area contributed by atoms with E-state index in [-0.39, 0.29) is 22.9 Å². The molecule has 1 atom stereocenters. The fraction of sp³-hybridized carbons (Fsp3) is 0.385. The van der Waals surface area contributed by atoms with Crippen molar-refractivity contribution in [3.8, 4) is 0 Å². The average molecular weight is 305 g/mol. The summed E-state index contributed by atoms with van der Waals surface area (Å²) in [4.78, 5) is -0.600. The first kappa shape index (κ1) is 15.1. The first-order chi connectivity index (χ1) is 9.17. The number of nitrogens with one attached hydrogen (secondary N) is 1. The smallest absolute Gasteiger partial charge is 0.317 e. The van der Waals surface area contributed by atoms with Gasteiger partial charge >= 0.3 is 6.18 Å². The molecule has 0 spiro atoms. The lowest BCUT2D eigenvalue weighted by Crippen LogP contribution is -2.23. The number of sulfone groups is 1. The molecular formula is C13H14F3NO2S. The van der Waals surface area contributed by atoms with Gasteiger partial charge in [0, 0.05) is 6.04 Å². The SMILES string of the molecule is CNC(C)CC1=Cc2cccc(C(F)(F)F)c2S1(=O)=O. The van der Waals surface area contributed by atoms with Crippen LogP contribution in [-0.4, -0.2) is 21.5 Å². The van der Waals surface area contributed by atoms with E-state index in [4.69, 9.17) is 0 Å². The molecule has 110 valence electrons. The maximum Gasteiger partial charge on any atom is 0.417 e. The van der Waals surface area contributed by atoms with Gasteiger partial charge < -0.3 is 5.32 Å². The molecule has 2 rings (SSSR count). The lowest BCUT2D eigenvalue weighted by Gasteiger charge is -2.14. The molecule has 1 aliphatic heterocycles. The van der Waals surface area contributed by atoms with Gasteiger partial charge in [0.15, 0.2) is 0 Å². The van der Waals surface area contributed by atoms with Crippen LogP contribution in [0.3, 0.4) is 0 Å². The van der Waals surface area contributed by atoms with E-state index >= 15 is 0 Å². The Hall–Kier alpha value is -1.34. The molecular weight excluding hydrogens is 291 g/mol. The highest BCUT2D eigenvalue weighted by Crippen LogP contribution is 2.43. The van der Waals surface area contributed by atoms with Crippen molar-refractivity contribution in [1.82, 2.24) is 5.32 Å². The molecule has 0 bridgehead atoms. The van der Waals surface area contributed by atoms with E-state index in [9.17, 15) is 21.6 Å². The van der Waals surface area contributed by atoms with Crippen LogP contribution < -0.4 is 5.32 Å². The van der Waals surface area contributed by atoms with Gasteiger partial charge in [-0.05, 0) is 38.1 Å². The molecule has 0 saturated carbocycles. The monoisotopic (exact) mass is 305 g/mol. The molecule has 1 aromatic rings. The number of alkyl halides is 3. The van der Waals surface area contributed by atoms with E-state index in [1.54, 1.807) is 14.0 Å². The molecule has 1 aromatic carbocycles. The Labute approximate surface area is 115 Å². The second kappa shape index (κ2) is 4.89. The molecule has 0 saturated heterocycles. The zero-order valence-electron chi connectivity index (χ0n) is 11.0. The molecule has 7 heteroatoms. The van der Waals surface area contributed by atoms with Gasteiger partial charge in [0.2, 0.25) is 9.84 Å². The van der Waals surface area contributed by atoms with Crippen LogP contribution in [0.1, 0.15) is 24.5 Å². The van der Waals surface area contributed by atoms with Crippen LogP contribution in [0.4, 0.5) is 13.2 Å². The van der Waals surface area contributed by atoms with E-state index in [1.165, 1.54) is 18.2 Å². The van der Waals surface area contributed by atoms with E-state index in [2.05, 4.69) is 5.32 Å². The van der Waals surface area contributed by atoms with Gasteiger partial charge in [-0.25, -0.2) is 8.42 Å². The molecule has 0 radical (unpaired) electrons. The van der Waals surface area contributed by atoms with Crippen LogP contribution >= 0.6 is 0 Å². The van der Waals surface area contributed by atoms with Gasteiger partial charge in [-0.3, -0.25) is 0 Å². The lowest BCUT2D eigenvalue weighted by molar-refractivity contribution is -0.139. The first-order valence-corrected chi connectivity index (χ1v) is 7.49. The zero-order chi connectivity index (χ0) is 15.1. The highest BCUT2D eigenvalue weighted by atomic mass is 32.2. The maximum absolute atomic E-state index is 12.9. The summed E-state index contributed by atoms with van der Waals surface area (Å²) in [5, 5.41) is 2.87. The Balaban J connectivity index is 2.55. The van der Waals surface area contributed by atoms with Crippen molar-refractivity contribution in [2.75, 3.05) is 7.05 Å². The minimum Gasteiger partial charge on any atom is -0.317 e. The normalized spacial score (nSPS) is 18.6. The summed E-state index contributed by atoms with van der Waals surface area (Å²) < 4.78 is 63.4. The van der Waals surface area contributed by atoms with Gasteiger partial charge in [0.25, 0.3) is 0 Å². The van der Waals surface area contributed by atoms with Gasteiger partial charge in [0.05, 0.1) is 15.4 Å². The van der Waals surface area contributed by atoms with E-state index in [1.807, 2.05) is 0 Å². The molecule has 1 N–H and O–H groups in total. The predicted octanol–water partition coefficient (Wildman–Crippen LogP) is 2.83. The summed E-state index contributed by atoms with van der Waals surface area (Å²) in [6.45, 7) is 1.77. The Kier molecular flexibility index (Phi) is 3.68. The quantitative estimate of drug-likeness (QED) is 0.934. The molecule has 1 heterocycles. The molecule has 1 aliphatic rings. The highest BCUT2D eigenvalue weighted by molar-refractivity contribution is 7.95. The molecule has 20 heavy (non-hydrogen) atoms. The van der Waals surface area contributed by atoms with E-state index in [0.717, 1.165) is 6.07 Å². The number of halogens is 3. The zero-order valence-corrected chi connectivity index (χ0v) is 11.8. The standard InChI is InChI=1S/C13H14F3NO2S/c1-8(17-2)6-10-7-9-4-3-5-11(13(14,15)16)12(9)20(10,18)19/h3-5,7-8,17H,6H2,1-2H3. The van der Waals surface area contributed by atoms with Crippen LogP contribution in [0, 0.1) is 0 Å². The number of hydrogen-bond acceptors (Lipinski definition) is 3. The number of benzene rings is 1. The third-order valence-electron chi connectivity index (χ3n) is 3.28. The van der Waals surface area contributed by atoms with Crippen LogP contribution in [0.15, 0.2) is 28.0 Å². The highest BCUT2D eigenvalue weighted by Gasteiger charge is 2.41. The second-order valence-electron chi connectivity index (χ2n) is 4.73. The fourth-order valence-electron chi connectivity index (χ4n) is 2.15. The van der Waals surface area contributed by atoms with Gasteiger partial charge in [0.1, 0.15) is 0 Å². The van der Waals surface area contributed by atoms with Gasteiger partial charge in [-0.15, -0.1) is 0 Å². The molecule has 1 unspecified atom stereocenters. The van der Waals surface area contributed by atoms with Crippen molar-refractivity contribution >= 4 is 15.9 Å². The fourth-order valence-corrected chi connectivity index (χ4v) is 4.07. The minimum absolute atomic E-state index is 0.0195. The van der Waals surface area contributed by atoms with Crippen molar-refractivity contribution < 1.29 is 21.6 Å². The Bertz CT molecular complexity index is 663. The topological polar surface area (TPSA) is 46.2 Å². The largest absolute Gasteiger partial charge is 0.417 e. The van der Waals surface area contributed by atoms with Crippen molar-refractivity contribution in [2.45, 2.75) is 30.5 Å². The van der Waals surface area contributed by atoms with Crippen molar-refractivity contribution in [2.24, 2.45) is 0 Å². The van der Waals surface area contributed by atoms with Crippen LogP contribution in [0.25, 0.3) is 6.08 Å². The maximum atomic E-state index is 12.9. The van der Waals surface area contributed by atoms with Crippen molar-refractivity contribution in [1.29, 1.82) is 0 Å². The summed E-state index contributed by atoms with van der Waals surface area (Å²) in [5.74, 6) is 0. The number of hydrogen-bond donors (Lipinski definition) is 1. The molecule has 0 amide bonds. The Morgan fingerprint density at radius 3 is 2.50 bits per heavy atom. The summed E-state index contributed by atoms with van der Waals surface area (Å²) in [7, 11) is -2.40. The second-order valence-corrected chi connectivity index (χ2v) is 6.67. The van der Waals surface area contributed by atoms with E-state index in [0.29, 0.717) is 0 Å². The van der Waals surface area contributed by atoms with Gasteiger partial charge in [-0.2, -0.15) is 13.2 Å². The van der Waals surface area contributed by atoms with Crippen LogP contribution in [0.5, 0.6) is 0 Å². The lowest BCUT2D eigenvalue weighted by atomic mass is 10.1. The van der Waals surface area contributed by atoms with Gasteiger partial charge in [-0.1, -0.05) is 12.1 Å². The van der Waals surface area contributed by atoms with Crippen molar-refractivity contribution in [3.63, 3.8) is 0 Å². The Morgan fingerprint density at radius 1 is 1.30 bits per heavy atom. The molecule has 0 fully saturated rings. The molecule has 0 aromatic heterocycles. The summed E-state index contributed by atoms with van der Waals surface area (Å²) in [5.41, 5.74) is -0.989. The van der Waals surface area contributed by atoms with Crippen LogP contribution in [-0.2, 0) is 16.0 Å². The summed E-state index contributed by atoms with van der Waals surface area (Å²) in [6, 6.07) is 3.27. The number of rotatable bonds is 3. The predicted molar refractivity (Wildman–Crippen MR) is 69.7 cm³/mol. The summed E-state index contributed by atoms with van der Waals surface area (Å²) in [6.07, 6.45) is -3.20. The molecule has 3 nitrogen and oxygen atoms in total. The summed E-state index contributed by atoms with van der Waals surface area (Å²) >= 11 is 0. The third kappa shape index (κ3) is 2.47. The minimum atomic E-state index is -4.68. The first-order valence-electron chi connectivity index (χ1n) is 6.01. The van der Waals surface area contributed by atoms with Crippen LogP contribution in [0.2, 0.25) is 0 Å². The average Bonchev–Trinajstić information content (AvgIpc) is 2.60. The number of fused-ring (bicyclic) bond motifs is 1. The van der Waals surface area contributed by atoms with E-state index < -0.39 is 26.5 Å². The Morgan fingerprint density at radius 2 is 1.95 bits per heavy atom. The third-order valence-corrected chi connectivity index (χ3v) is 5.25. The molecule has 0 aliphatic carbocycles. The van der Waals surface area contributed by atoms with Crippen molar-refractivity contribution in [3.05, 3.63) is 34.2 Å².